The second-order valence-corrected chi connectivity index (χ2v) is 10.7. The van der Waals surface area contributed by atoms with E-state index in [2.05, 4.69) is 31.9 Å². The molecular formula is C27H21Br2NO5S. The molecule has 0 bridgehead atoms. The van der Waals surface area contributed by atoms with Gasteiger partial charge in [0.25, 0.3) is 11.1 Å². The predicted octanol–water partition coefficient (Wildman–Crippen LogP) is 7.16. The quantitative estimate of drug-likeness (QED) is 0.253. The zero-order valence-corrected chi connectivity index (χ0v) is 22.9. The topological polar surface area (TPSA) is 83.9 Å². The van der Waals surface area contributed by atoms with Crippen molar-refractivity contribution in [1.29, 1.82) is 0 Å². The summed E-state index contributed by atoms with van der Waals surface area (Å²) < 4.78 is 7.27. The van der Waals surface area contributed by atoms with Gasteiger partial charge in [-0.25, -0.2) is 4.79 Å². The molecule has 0 spiro atoms. The standard InChI is InChI=1S/C27H21Br2NO5S/c28-21-13-19(14-22(29)24(21)35-16-18-8-10-20(11-9-18)26(32)33)15-23-25(31)30(27(34)36-23)12-4-7-17-5-2-1-3-6-17/h1-3,5-6,8-11,13-15H,4,7,12,16H2,(H,32,33)/b23-15+. The Balaban J connectivity index is 1.40. The van der Waals surface area contributed by atoms with Gasteiger partial charge in [0, 0.05) is 6.54 Å². The number of rotatable bonds is 9. The van der Waals surface area contributed by atoms with Crippen molar-refractivity contribution >= 4 is 66.8 Å². The summed E-state index contributed by atoms with van der Waals surface area (Å²) in [6.07, 6.45) is 3.20. The summed E-state index contributed by atoms with van der Waals surface area (Å²) in [7, 11) is 0. The molecule has 1 heterocycles. The van der Waals surface area contributed by atoms with E-state index < -0.39 is 5.97 Å². The minimum atomic E-state index is -0.978. The number of imide groups is 1. The number of amides is 2. The Morgan fingerprint density at radius 1 is 0.972 bits per heavy atom. The van der Waals surface area contributed by atoms with Crippen LogP contribution in [0.2, 0.25) is 0 Å². The van der Waals surface area contributed by atoms with Crippen LogP contribution < -0.4 is 4.74 Å². The first-order valence-corrected chi connectivity index (χ1v) is 13.5. The van der Waals surface area contributed by atoms with Crippen molar-refractivity contribution in [3.8, 4) is 5.75 Å². The van der Waals surface area contributed by atoms with Crippen LogP contribution in [0, 0.1) is 0 Å². The molecule has 0 aromatic heterocycles. The highest BCUT2D eigenvalue weighted by molar-refractivity contribution is 9.11. The Labute approximate surface area is 229 Å². The van der Waals surface area contributed by atoms with Gasteiger partial charge in [-0.1, -0.05) is 42.5 Å². The Hall–Kier alpha value is -2.88. The number of carbonyl (C=O) groups is 3. The summed E-state index contributed by atoms with van der Waals surface area (Å²) >= 11 is 7.98. The minimum Gasteiger partial charge on any atom is -0.487 e. The molecule has 1 fully saturated rings. The third-order valence-corrected chi connectivity index (χ3v) is 7.55. The van der Waals surface area contributed by atoms with Gasteiger partial charge in [0.2, 0.25) is 0 Å². The Kier molecular flexibility index (Phi) is 8.66. The van der Waals surface area contributed by atoms with Crippen LogP contribution in [0.3, 0.4) is 0 Å². The zero-order valence-electron chi connectivity index (χ0n) is 18.9. The molecule has 0 atom stereocenters. The van der Waals surface area contributed by atoms with E-state index in [4.69, 9.17) is 9.84 Å². The van der Waals surface area contributed by atoms with Gasteiger partial charge in [0.1, 0.15) is 12.4 Å². The molecule has 1 saturated heterocycles. The van der Waals surface area contributed by atoms with Crippen molar-refractivity contribution in [3.63, 3.8) is 0 Å². The molecule has 2 amide bonds. The van der Waals surface area contributed by atoms with E-state index in [1.54, 1.807) is 18.2 Å². The van der Waals surface area contributed by atoms with Gasteiger partial charge in [-0.15, -0.1) is 0 Å². The molecule has 3 aromatic rings. The van der Waals surface area contributed by atoms with Gasteiger partial charge in [0.05, 0.1) is 19.4 Å². The lowest BCUT2D eigenvalue weighted by atomic mass is 10.1. The number of carboxylic acid groups (broad SMARTS) is 1. The van der Waals surface area contributed by atoms with Crippen molar-refractivity contribution in [1.82, 2.24) is 4.90 Å². The van der Waals surface area contributed by atoms with Crippen LogP contribution in [0.15, 0.2) is 80.6 Å². The zero-order chi connectivity index (χ0) is 25.7. The number of hydrogen-bond donors (Lipinski definition) is 1. The summed E-state index contributed by atoms with van der Waals surface area (Å²) in [4.78, 5) is 38.0. The average Bonchev–Trinajstić information content (AvgIpc) is 3.11. The van der Waals surface area contributed by atoms with Gasteiger partial charge in [-0.3, -0.25) is 14.5 Å². The first kappa shape index (κ1) is 26.2. The largest absolute Gasteiger partial charge is 0.487 e. The highest BCUT2D eigenvalue weighted by atomic mass is 79.9. The lowest BCUT2D eigenvalue weighted by Crippen LogP contribution is -2.29. The molecule has 0 aliphatic carbocycles. The molecule has 6 nitrogen and oxygen atoms in total. The normalized spacial score (nSPS) is 14.5. The van der Waals surface area contributed by atoms with E-state index in [9.17, 15) is 14.4 Å². The molecule has 0 unspecified atom stereocenters. The van der Waals surface area contributed by atoms with Gasteiger partial charge in [-0.05, 0) is 103 Å². The number of halogens is 2. The number of aryl methyl sites for hydroxylation is 1. The van der Waals surface area contributed by atoms with Crippen LogP contribution >= 0.6 is 43.6 Å². The summed E-state index contributed by atoms with van der Waals surface area (Å²) in [6.45, 7) is 0.628. The van der Waals surface area contributed by atoms with Crippen LogP contribution in [0.5, 0.6) is 5.75 Å². The summed E-state index contributed by atoms with van der Waals surface area (Å²) in [5.41, 5.74) is 2.95. The first-order chi connectivity index (χ1) is 17.3. The number of ether oxygens (including phenoxy) is 1. The van der Waals surface area contributed by atoms with Crippen LogP contribution in [-0.4, -0.2) is 33.7 Å². The van der Waals surface area contributed by atoms with E-state index in [-0.39, 0.29) is 23.3 Å². The number of aromatic carboxylic acids is 1. The van der Waals surface area contributed by atoms with Crippen LogP contribution in [0.4, 0.5) is 4.79 Å². The SMILES string of the molecule is O=C(O)c1ccc(COc2c(Br)cc(/C=C3/SC(=O)N(CCCc4ccccc4)C3=O)cc2Br)cc1. The summed E-state index contributed by atoms with van der Waals surface area (Å²) in [5, 5.41) is 8.76. The predicted molar refractivity (Wildman–Crippen MR) is 147 cm³/mol. The monoisotopic (exact) mass is 629 g/mol. The summed E-state index contributed by atoms with van der Waals surface area (Å²) in [6, 6.07) is 20.1. The van der Waals surface area contributed by atoms with Gasteiger partial charge in [-0.2, -0.15) is 0 Å². The van der Waals surface area contributed by atoms with E-state index in [0.717, 1.165) is 29.3 Å². The molecule has 184 valence electrons. The van der Waals surface area contributed by atoms with E-state index >= 15 is 0 Å². The van der Waals surface area contributed by atoms with Crippen molar-refractivity contribution in [2.24, 2.45) is 0 Å². The molecule has 0 saturated carbocycles. The molecule has 36 heavy (non-hydrogen) atoms. The number of carboxylic acids is 1. The van der Waals surface area contributed by atoms with Crippen molar-refractivity contribution in [2.75, 3.05) is 6.54 Å². The maximum atomic E-state index is 12.9. The smallest absolute Gasteiger partial charge is 0.335 e. The second-order valence-electron chi connectivity index (χ2n) is 8.03. The number of hydrogen-bond acceptors (Lipinski definition) is 5. The highest BCUT2D eigenvalue weighted by Gasteiger charge is 2.34. The Bertz CT molecular complexity index is 1300. The number of benzene rings is 3. The van der Waals surface area contributed by atoms with Crippen molar-refractivity contribution in [3.05, 3.63) is 103 Å². The van der Waals surface area contributed by atoms with Crippen molar-refractivity contribution in [2.45, 2.75) is 19.4 Å². The summed E-state index contributed by atoms with van der Waals surface area (Å²) in [5.74, 6) is -0.688. The molecule has 1 aliphatic rings. The van der Waals surface area contributed by atoms with Crippen molar-refractivity contribution < 1.29 is 24.2 Å². The lowest BCUT2D eigenvalue weighted by Gasteiger charge is -2.12. The van der Waals surface area contributed by atoms with Gasteiger partial charge < -0.3 is 9.84 Å². The van der Waals surface area contributed by atoms with Gasteiger partial charge >= 0.3 is 5.97 Å². The minimum absolute atomic E-state index is 0.214. The van der Waals surface area contributed by atoms with Crippen LogP contribution in [-0.2, 0) is 17.8 Å². The highest BCUT2D eigenvalue weighted by Crippen LogP contribution is 2.38. The lowest BCUT2D eigenvalue weighted by molar-refractivity contribution is -0.122. The molecule has 4 rings (SSSR count). The van der Waals surface area contributed by atoms with Gasteiger partial charge in [0.15, 0.2) is 0 Å². The molecule has 9 heteroatoms. The molecule has 0 radical (unpaired) electrons. The fourth-order valence-corrected chi connectivity index (χ4v) is 5.95. The number of nitrogens with zero attached hydrogens (tertiary/aromatic N) is 1. The Morgan fingerprint density at radius 2 is 1.64 bits per heavy atom. The molecular weight excluding hydrogens is 610 g/mol. The third kappa shape index (κ3) is 6.46. The Morgan fingerprint density at radius 3 is 2.28 bits per heavy atom. The van der Waals surface area contributed by atoms with E-state index in [1.807, 2.05) is 42.5 Å². The maximum absolute atomic E-state index is 12.9. The fourth-order valence-electron chi connectivity index (χ4n) is 3.63. The fraction of sp³-hybridized carbons (Fsp3) is 0.148. The average molecular weight is 631 g/mol. The van der Waals surface area contributed by atoms with Crippen LogP contribution in [0.25, 0.3) is 6.08 Å². The first-order valence-electron chi connectivity index (χ1n) is 11.0. The molecule has 3 aromatic carbocycles. The number of carbonyl (C=O) groups excluding carboxylic acids is 2. The van der Waals surface area contributed by atoms with Crippen LogP contribution in [0.1, 0.15) is 33.5 Å². The second kappa shape index (κ2) is 11.9. The molecule has 1 aliphatic heterocycles. The van der Waals surface area contributed by atoms with E-state index in [1.165, 1.54) is 22.6 Å². The van der Waals surface area contributed by atoms with E-state index in [0.29, 0.717) is 32.6 Å². The third-order valence-electron chi connectivity index (χ3n) is 5.47. The number of thioether (sulfide) groups is 1. The molecule has 1 N–H and O–H groups in total. The maximum Gasteiger partial charge on any atom is 0.335 e.